The number of benzene rings is 2. The number of aliphatic hydroxyl groups excluding tert-OH is 2. The van der Waals surface area contributed by atoms with E-state index in [9.17, 15) is 15.0 Å². The fraction of sp³-hybridized carbons (Fsp3) is 0.529. The lowest BCUT2D eigenvalue weighted by atomic mass is 9.73. The monoisotopic (exact) mass is 808 g/mol. The predicted octanol–water partition coefficient (Wildman–Crippen LogP) is 7.52. The standard InChI is InChI=1S/C51H60N4O5/c1-3-4-5-8-39(48(58)34-13-9-32(2)10-14-34)45(57)18-11-33-12-20-46-47(27-33)60-50-42(51(24-26-59-46)22-6-7-23-51)17-19-44(56)37-15-16-38-36(21-25-53-49(38)52)40(37)28-35-29-54-43-31-55(50)30-41(35)43/h9,12-13,15-16,20,27,29,31-32,34,39,42,44,48-50,53,56,58H,3-8,10-11,14,18,21-23,25,28,30,52H2,1-2H3. The van der Waals surface area contributed by atoms with Crippen LogP contribution >= 0.6 is 0 Å². The quantitative estimate of drug-likeness (QED) is 0.110. The fourth-order valence-corrected chi connectivity index (χ4v) is 10.8. The molecule has 2 aromatic rings. The van der Waals surface area contributed by atoms with Gasteiger partial charge in [0.15, 0.2) is 17.7 Å². The lowest BCUT2D eigenvalue weighted by Gasteiger charge is -2.39. The first kappa shape index (κ1) is 40.7. The average Bonchev–Trinajstić information content (AvgIpc) is 4.00. The van der Waals surface area contributed by atoms with Crippen LogP contribution in [-0.2, 0) is 24.1 Å². The third-order valence-corrected chi connectivity index (χ3v) is 14.4. The second kappa shape index (κ2) is 17.4. The van der Waals surface area contributed by atoms with E-state index in [1.165, 1.54) is 5.56 Å². The van der Waals surface area contributed by atoms with Crippen LogP contribution in [0.15, 0.2) is 70.5 Å². The number of aryl methyl sites for hydroxylation is 1. The minimum Gasteiger partial charge on any atom is -0.465 e. The number of carbonyl (C=O) groups excluding carboxylic acids is 1. The molecule has 1 saturated carbocycles. The van der Waals surface area contributed by atoms with Gasteiger partial charge in [0.1, 0.15) is 18.0 Å². The predicted molar refractivity (Wildman–Crippen MR) is 233 cm³/mol. The molecule has 2 aromatic carbocycles. The molecule has 8 unspecified atom stereocenters. The van der Waals surface area contributed by atoms with Crippen LogP contribution in [0.3, 0.4) is 0 Å². The molecule has 5 aliphatic heterocycles. The van der Waals surface area contributed by atoms with Gasteiger partial charge >= 0.3 is 0 Å². The number of rotatable bonds is 10. The number of carbonyl (C=O) groups is 1. The molecule has 314 valence electrons. The minimum absolute atomic E-state index is 0.0178. The minimum atomic E-state index is -1.02. The van der Waals surface area contributed by atoms with Crippen molar-refractivity contribution in [2.75, 3.05) is 13.1 Å². The number of Topliss-reactive ketones (excluding diaryl/α,β-unsaturated/α-hetero) is 1. The van der Waals surface area contributed by atoms with Crippen molar-refractivity contribution in [3.8, 4) is 35.4 Å². The first-order chi connectivity index (χ1) is 29.2. The zero-order valence-electron chi connectivity index (χ0n) is 35.2. The van der Waals surface area contributed by atoms with Gasteiger partial charge < -0.3 is 30.3 Å². The normalized spacial score (nSPS) is 27.9. The molecule has 9 heteroatoms. The van der Waals surface area contributed by atoms with Gasteiger partial charge in [0.05, 0.1) is 29.3 Å². The van der Waals surface area contributed by atoms with E-state index >= 15 is 0 Å². The van der Waals surface area contributed by atoms with Gasteiger partial charge in [-0.3, -0.25) is 15.1 Å². The lowest BCUT2D eigenvalue weighted by molar-refractivity contribution is -0.127. The first-order valence-electron chi connectivity index (χ1n) is 22.7. The SMILES string of the molecule is CCCCCC(C(=O)CCc1ccc2c(c1)OC1C(C#CC(O)c3ccc4c(c3CC3=C5CN1C=C5N=C3)CCNC4N)C1(C#CO2)CCCC1)C(O)C1C=CC(C)CC1. The van der Waals surface area contributed by atoms with E-state index in [0.717, 1.165) is 110 Å². The number of hydrogen-bond acceptors (Lipinski definition) is 9. The van der Waals surface area contributed by atoms with Gasteiger partial charge in [-0.1, -0.05) is 94.1 Å². The molecular weight excluding hydrogens is 749 g/mol. The Balaban J connectivity index is 1.04. The summed E-state index contributed by atoms with van der Waals surface area (Å²) in [5, 5.41) is 27.0. The van der Waals surface area contributed by atoms with E-state index in [0.29, 0.717) is 49.6 Å². The van der Waals surface area contributed by atoms with Gasteiger partial charge in [0.25, 0.3) is 0 Å². The van der Waals surface area contributed by atoms with Crippen molar-refractivity contribution in [3.63, 3.8) is 0 Å². The average molecular weight is 809 g/mol. The molecule has 2 aliphatic carbocycles. The third-order valence-electron chi connectivity index (χ3n) is 14.4. The number of fused-ring (bicyclic) bond motifs is 8. The number of nitrogens with zero attached hydrogens (tertiary/aromatic N) is 2. The summed E-state index contributed by atoms with van der Waals surface area (Å²) in [6.45, 7) is 5.75. The number of ether oxygens (including phenoxy) is 2. The van der Waals surface area contributed by atoms with E-state index in [1.54, 1.807) is 0 Å². The van der Waals surface area contributed by atoms with Gasteiger partial charge in [-0.25, -0.2) is 0 Å². The van der Waals surface area contributed by atoms with Crippen LogP contribution in [0.2, 0.25) is 0 Å². The van der Waals surface area contributed by atoms with Crippen LogP contribution in [0.1, 0.15) is 125 Å². The number of aliphatic imine (C=N–C) groups is 1. The van der Waals surface area contributed by atoms with Crippen LogP contribution < -0.4 is 20.5 Å². The van der Waals surface area contributed by atoms with E-state index in [4.69, 9.17) is 20.2 Å². The third kappa shape index (κ3) is 7.98. The fourth-order valence-electron chi connectivity index (χ4n) is 10.8. The van der Waals surface area contributed by atoms with Crippen LogP contribution in [0.25, 0.3) is 0 Å². The summed E-state index contributed by atoms with van der Waals surface area (Å²) in [5.41, 5.74) is 14.3. The molecule has 9 nitrogen and oxygen atoms in total. The molecule has 0 radical (unpaired) electrons. The molecule has 0 amide bonds. The molecule has 9 rings (SSSR count). The van der Waals surface area contributed by atoms with Gasteiger partial charge in [-0.2, -0.15) is 0 Å². The van der Waals surface area contributed by atoms with Gasteiger partial charge in [-0.15, -0.1) is 0 Å². The first-order valence-corrected chi connectivity index (χ1v) is 22.7. The summed E-state index contributed by atoms with van der Waals surface area (Å²) < 4.78 is 13.4. The maximum absolute atomic E-state index is 14.0. The topological polar surface area (TPSA) is 130 Å². The molecule has 5 heterocycles. The molecule has 8 atom stereocenters. The zero-order valence-corrected chi connectivity index (χ0v) is 35.2. The number of nitrogens with one attached hydrogen (secondary N) is 1. The van der Waals surface area contributed by atoms with Gasteiger partial charge in [0, 0.05) is 55.8 Å². The Bertz CT molecular complexity index is 2240. The molecule has 60 heavy (non-hydrogen) atoms. The Labute approximate surface area is 355 Å². The van der Waals surface area contributed by atoms with Crippen molar-refractivity contribution in [1.29, 1.82) is 0 Å². The molecule has 1 fully saturated rings. The highest BCUT2D eigenvalue weighted by atomic mass is 16.5. The number of aliphatic hydroxyl groups is 2. The van der Waals surface area contributed by atoms with E-state index < -0.39 is 29.8 Å². The van der Waals surface area contributed by atoms with Crippen molar-refractivity contribution < 1.29 is 24.5 Å². The highest BCUT2D eigenvalue weighted by Crippen LogP contribution is 2.49. The van der Waals surface area contributed by atoms with Crippen molar-refractivity contribution in [2.24, 2.45) is 39.8 Å². The summed E-state index contributed by atoms with van der Waals surface area (Å²) in [6.07, 6.45) is 20.7. The summed E-state index contributed by atoms with van der Waals surface area (Å²) >= 11 is 0. The molecule has 0 aromatic heterocycles. The van der Waals surface area contributed by atoms with Crippen LogP contribution in [0.5, 0.6) is 11.5 Å². The Morgan fingerprint density at radius 2 is 1.93 bits per heavy atom. The number of unbranched alkanes of at least 4 members (excludes halogenated alkanes) is 2. The van der Waals surface area contributed by atoms with Crippen molar-refractivity contribution >= 4 is 12.0 Å². The van der Waals surface area contributed by atoms with E-state index in [1.807, 2.05) is 36.5 Å². The summed E-state index contributed by atoms with van der Waals surface area (Å²) in [5.74, 6) is 11.5. The molecular formula is C51H60N4O5. The van der Waals surface area contributed by atoms with Crippen molar-refractivity contribution in [2.45, 2.75) is 128 Å². The Kier molecular flexibility index (Phi) is 11.8. The van der Waals surface area contributed by atoms with Gasteiger partial charge in [0.2, 0.25) is 0 Å². The largest absolute Gasteiger partial charge is 0.465 e. The second-order valence-electron chi connectivity index (χ2n) is 18.3. The molecule has 7 aliphatic rings. The summed E-state index contributed by atoms with van der Waals surface area (Å²) in [7, 11) is 0. The lowest BCUT2D eigenvalue weighted by Crippen LogP contribution is -2.47. The number of nitrogens with two attached hydrogens (primary N) is 1. The van der Waals surface area contributed by atoms with E-state index in [-0.39, 0.29) is 23.8 Å². The molecule has 5 N–H and O–H groups in total. The van der Waals surface area contributed by atoms with Crippen LogP contribution in [0, 0.1) is 53.0 Å². The summed E-state index contributed by atoms with van der Waals surface area (Å²) in [4.78, 5) is 21.2. The Hall–Kier alpha value is -4.64. The zero-order chi connectivity index (χ0) is 41.4. The molecule has 1 spiro atoms. The van der Waals surface area contributed by atoms with Crippen molar-refractivity contribution in [1.82, 2.24) is 10.2 Å². The smallest absolute Gasteiger partial charge is 0.187 e. The second-order valence-corrected chi connectivity index (χ2v) is 18.3. The maximum atomic E-state index is 14.0. The molecule has 2 bridgehead atoms. The Morgan fingerprint density at radius 1 is 1.08 bits per heavy atom. The van der Waals surface area contributed by atoms with Gasteiger partial charge in [-0.05, 0) is 96.4 Å². The van der Waals surface area contributed by atoms with Crippen LogP contribution in [0.4, 0.5) is 0 Å². The molecule has 0 saturated heterocycles. The van der Waals surface area contributed by atoms with Crippen molar-refractivity contribution in [3.05, 3.63) is 93.3 Å². The summed E-state index contributed by atoms with van der Waals surface area (Å²) in [6, 6.07) is 9.94. The maximum Gasteiger partial charge on any atom is 0.187 e. The number of hydrogen-bond donors (Lipinski definition) is 4. The number of allylic oxidation sites excluding steroid dienone is 2. The number of ketones is 1. The van der Waals surface area contributed by atoms with E-state index in [2.05, 4.69) is 66.3 Å². The van der Waals surface area contributed by atoms with Crippen LogP contribution in [-0.4, -0.2) is 52.5 Å². The Morgan fingerprint density at radius 3 is 2.75 bits per heavy atom. The highest BCUT2D eigenvalue weighted by Gasteiger charge is 2.48. The highest BCUT2D eigenvalue weighted by molar-refractivity contribution is 5.88.